The average Bonchev–Trinajstić information content (AvgIpc) is 2.21. The van der Waals surface area contributed by atoms with Gasteiger partial charge in [-0.25, -0.2) is 0 Å². The highest BCUT2D eigenvalue weighted by atomic mass is 79.9. The van der Waals surface area contributed by atoms with Crippen molar-refractivity contribution in [2.75, 3.05) is 11.9 Å². The summed E-state index contributed by atoms with van der Waals surface area (Å²) in [5.41, 5.74) is 1.17. The Morgan fingerprint density at radius 3 is 2.57 bits per heavy atom. The second-order valence-electron chi connectivity index (χ2n) is 2.86. The minimum Gasteiger partial charge on any atom is -0.355 e. The molecule has 14 heavy (non-hydrogen) atoms. The van der Waals surface area contributed by atoms with E-state index < -0.39 is 0 Å². The summed E-state index contributed by atoms with van der Waals surface area (Å²) in [6.45, 7) is 0.659. The largest absolute Gasteiger partial charge is 0.355 e. The van der Waals surface area contributed by atoms with Gasteiger partial charge in [0.25, 0.3) is 0 Å². The number of carbonyl (C=O) groups is 1. The average molecular weight is 277 g/mol. The van der Waals surface area contributed by atoms with Gasteiger partial charge in [0, 0.05) is 11.6 Å². The summed E-state index contributed by atoms with van der Waals surface area (Å²) in [5, 5.41) is 3.87. The monoisotopic (exact) mass is 275 g/mol. The lowest BCUT2D eigenvalue weighted by Gasteiger charge is -2.03. The molecule has 0 aliphatic carbocycles. The van der Waals surface area contributed by atoms with Gasteiger partial charge < -0.3 is 5.32 Å². The molecule has 1 amide bonds. The molecule has 2 nitrogen and oxygen atoms in total. The summed E-state index contributed by atoms with van der Waals surface area (Å²) in [7, 11) is 0. The third-order valence-electron chi connectivity index (χ3n) is 1.77. The van der Waals surface area contributed by atoms with Crippen molar-refractivity contribution >= 4 is 33.4 Å². The number of benzene rings is 1. The van der Waals surface area contributed by atoms with Crippen LogP contribution in [0.1, 0.15) is 5.56 Å². The van der Waals surface area contributed by atoms with Gasteiger partial charge in [0.1, 0.15) is 0 Å². The van der Waals surface area contributed by atoms with Gasteiger partial charge in [0.2, 0.25) is 5.91 Å². The van der Waals surface area contributed by atoms with Crippen LogP contribution >= 0.6 is 27.5 Å². The molecule has 0 aliphatic heterocycles. The van der Waals surface area contributed by atoms with Crippen molar-refractivity contribution in [2.24, 2.45) is 0 Å². The van der Waals surface area contributed by atoms with Crippen molar-refractivity contribution in [1.29, 1.82) is 0 Å². The number of halogens is 2. The molecule has 1 rings (SSSR count). The molecule has 1 aromatic rings. The maximum absolute atomic E-state index is 10.9. The van der Waals surface area contributed by atoms with Gasteiger partial charge in [0.15, 0.2) is 0 Å². The van der Waals surface area contributed by atoms with Crippen molar-refractivity contribution in [2.45, 2.75) is 6.42 Å². The third-order valence-corrected chi connectivity index (χ3v) is 2.53. The Balaban J connectivity index is 2.31. The van der Waals surface area contributed by atoms with Crippen LogP contribution in [0.4, 0.5) is 0 Å². The van der Waals surface area contributed by atoms with Crippen LogP contribution in [0.15, 0.2) is 24.3 Å². The van der Waals surface area contributed by atoms with Gasteiger partial charge in [-0.15, -0.1) is 0 Å². The molecule has 0 fully saturated rings. The Morgan fingerprint density at radius 1 is 1.36 bits per heavy atom. The second-order valence-corrected chi connectivity index (χ2v) is 3.86. The van der Waals surface area contributed by atoms with Crippen molar-refractivity contribution in [3.05, 3.63) is 34.9 Å². The van der Waals surface area contributed by atoms with Gasteiger partial charge in [-0.3, -0.25) is 4.79 Å². The lowest BCUT2D eigenvalue weighted by Crippen LogP contribution is -2.26. The quantitative estimate of drug-likeness (QED) is 0.841. The van der Waals surface area contributed by atoms with E-state index in [2.05, 4.69) is 21.2 Å². The third kappa shape index (κ3) is 4.11. The van der Waals surface area contributed by atoms with E-state index in [0.29, 0.717) is 11.9 Å². The van der Waals surface area contributed by atoms with Crippen LogP contribution < -0.4 is 5.32 Å². The van der Waals surface area contributed by atoms with Crippen LogP contribution in [0.25, 0.3) is 0 Å². The first-order chi connectivity index (χ1) is 6.72. The Labute approximate surface area is 96.8 Å². The van der Waals surface area contributed by atoms with Crippen molar-refractivity contribution in [1.82, 2.24) is 5.32 Å². The smallest absolute Gasteiger partial charge is 0.230 e. The van der Waals surface area contributed by atoms with Crippen LogP contribution in [-0.4, -0.2) is 17.8 Å². The Morgan fingerprint density at radius 2 is 2.00 bits per heavy atom. The zero-order valence-corrected chi connectivity index (χ0v) is 9.94. The molecule has 0 heterocycles. The molecule has 76 valence electrons. The summed E-state index contributed by atoms with van der Waals surface area (Å²) in [6, 6.07) is 7.62. The first kappa shape index (κ1) is 11.5. The van der Waals surface area contributed by atoms with Crippen molar-refractivity contribution in [3.63, 3.8) is 0 Å². The van der Waals surface area contributed by atoms with E-state index in [4.69, 9.17) is 11.6 Å². The molecular formula is C10H11BrClNO. The molecule has 0 radical (unpaired) electrons. The minimum absolute atomic E-state index is 0.0129. The fourth-order valence-electron chi connectivity index (χ4n) is 1.04. The zero-order chi connectivity index (χ0) is 10.4. The number of hydrogen-bond acceptors (Lipinski definition) is 1. The summed E-state index contributed by atoms with van der Waals surface area (Å²) in [5.74, 6) is 0.0129. The molecule has 4 heteroatoms. The standard InChI is InChI=1S/C10H11BrClNO/c11-7-10(14)13-6-5-8-1-3-9(12)4-2-8/h1-4H,5-7H2,(H,13,14). The van der Waals surface area contributed by atoms with E-state index in [9.17, 15) is 4.79 Å². The van der Waals surface area contributed by atoms with Crippen molar-refractivity contribution in [3.8, 4) is 0 Å². The first-order valence-electron chi connectivity index (χ1n) is 4.29. The van der Waals surface area contributed by atoms with Gasteiger partial charge in [-0.2, -0.15) is 0 Å². The molecular weight excluding hydrogens is 265 g/mol. The molecule has 0 aromatic heterocycles. The highest BCUT2D eigenvalue weighted by Crippen LogP contribution is 2.09. The molecule has 0 saturated carbocycles. The fraction of sp³-hybridized carbons (Fsp3) is 0.300. The highest BCUT2D eigenvalue weighted by Gasteiger charge is 1.97. The van der Waals surface area contributed by atoms with Crippen LogP contribution in [0.5, 0.6) is 0 Å². The van der Waals surface area contributed by atoms with E-state index in [1.54, 1.807) is 0 Å². The number of hydrogen-bond donors (Lipinski definition) is 1. The topological polar surface area (TPSA) is 29.1 Å². The lowest BCUT2D eigenvalue weighted by molar-refractivity contribution is -0.118. The molecule has 0 spiro atoms. The lowest BCUT2D eigenvalue weighted by atomic mass is 10.1. The van der Waals surface area contributed by atoms with E-state index >= 15 is 0 Å². The van der Waals surface area contributed by atoms with Gasteiger partial charge in [-0.1, -0.05) is 39.7 Å². The fourth-order valence-corrected chi connectivity index (χ4v) is 1.37. The van der Waals surface area contributed by atoms with E-state index in [1.807, 2.05) is 24.3 Å². The van der Waals surface area contributed by atoms with E-state index in [-0.39, 0.29) is 5.91 Å². The molecule has 0 atom stereocenters. The van der Waals surface area contributed by atoms with Crippen LogP contribution in [0.2, 0.25) is 5.02 Å². The number of nitrogens with one attached hydrogen (secondary N) is 1. The summed E-state index contributed by atoms with van der Waals surface area (Å²) >= 11 is 8.82. The molecule has 1 N–H and O–H groups in total. The first-order valence-corrected chi connectivity index (χ1v) is 5.79. The SMILES string of the molecule is O=C(CBr)NCCc1ccc(Cl)cc1. The Kier molecular flexibility index (Phi) is 4.98. The van der Waals surface area contributed by atoms with Crippen molar-refractivity contribution < 1.29 is 4.79 Å². The molecule has 0 bridgehead atoms. The van der Waals surface area contributed by atoms with Crippen LogP contribution in [0, 0.1) is 0 Å². The Bertz CT molecular complexity index is 299. The van der Waals surface area contributed by atoms with Gasteiger partial charge in [0.05, 0.1) is 5.33 Å². The zero-order valence-electron chi connectivity index (χ0n) is 7.59. The maximum Gasteiger partial charge on any atom is 0.230 e. The highest BCUT2D eigenvalue weighted by molar-refractivity contribution is 9.09. The van der Waals surface area contributed by atoms with E-state index in [1.165, 1.54) is 5.56 Å². The van der Waals surface area contributed by atoms with Crippen LogP contribution in [-0.2, 0) is 11.2 Å². The molecule has 0 aliphatic rings. The number of alkyl halides is 1. The Hall–Kier alpha value is -0.540. The summed E-state index contributed by atoms with van der Waals surface area (Å²) in [6.07, 6.45) is 0.829. The number of carbonyl (C=O) groups excluding carboxylic acids is 1. The second kappa shape index (κ2) is 6.04. The normalized spacial score (nSPS) is 9.86. The maximum atomic E-state index is 10.9. The molecule has 1 aromatic carbocycles. The number of rotatable bonds is 4. The minimum atomic E-state index is 0.0129. The van der Waals surface area contributed by atoms with Gasteiger partial charge >= 0.3 is 0 Å². The van der Waals surface area contributed by atoms with Gasteiger partial charge in [-0.05, 0) is 24.1 Å². The van der Waals surface area contributed by atoms with Crippen LogP contribution in [0.3, 0.4) is 0 Å². The summed E-state index contributed by atoms with van der Waals surface area (Å²) < 4.78 is 0. The molecule has 0 saturated heterocycles. The molecule has 0 unspecified atom stereocenters. The van der Waals surface area contributed by atoms with E-state index in [0.717, 1.165) is 11.4 Å². The predicted molar refractivity (Wildman–Crippen MR) is 62.0 cm³/mol. The summed E-state index contributed by atoms with van der Waals surface area (Å²) in [4.78, 5) is 10.9. The predicted octanol–water partition coefficient (Wildman–Crippen LogP) is 2.39. The number of amides is 1.